The predicted molar refractivity (Wildman–Crippen MR) is 240 cm³/mol. The number of hydrogen-bond donors (Lipinski definition) is 3. The summed E-state index contributed by atoms with van der Waals surface area (Å²) < 4.78 is 0. The number of aromatic hydroxyl groups is 1. The highest BCUT2D eigenvalue weighted by Crippen LogP contribution is 2.30. The first-order valence-electron chi connectivity index (χ1n) is 19.1. The number of nitrogens with zero attached hydrogens (tertiary/aromatic N) is 4. The van der Waals surface area contributed by atoms with Gasteiger partial charge < -0.3 is 15.7 Å². The molecule has 0 saturated carbocycles. The van der Waals surface area contributed by atoms with Gasteiger partial charge in [0.05, 0.1) is 22.2 Å². The van der Waals surface area contributed by atoms with E-state index in [1.165, 1.54) is 40.6 Å². The summed E-state index contributed by atoms with van der Waals surface area (Å²) in [6.45, 7) is 6.42. The van der Waals surface area contributed by atoms with E-state index < -0.39 is 0 Å². The van der Waals surface area contributed by atoms with Crippen LogP contribution in [0.15, 0.2) is 162 Å². The van der Waals surface area contributed by atoms with Crippen molar-refractivity contribution in [2.75, 3.05) is 10.6 Å². The Morgan fingerprint density at radius 2 is 1.07 bits per heavy atom. The Bertz CT molecular complexity index is 2730. The van der Waals surface area contributed by atoms with Crippen LogP contribution in [0, 0.1) is 6.92 Å². The number of amides is 2. The van der Waals surface area contributed by atoms with Crippen LogP contribution in [0.2, 0.25) is 0 Å². The van der Waals surface area contributed by atoms with Gasteiger partial charge in [0.2, 0.25) is 0 Å². The van der Waals surface area contributed by atoms with Crippen LogP contribution in [0.1, 0.15) is 62.7 Å². The normalized spacial score (nSPS) is 10.9. The van der Waals surface area contributed by atoms with E-state index in [4.69, 9.17) is 0 Å². The van der Waals surface area contributed by atoms with Crippen molar-refractivity contribution in [2.24, 2.45) is 0 Å². The van der Waals surface area contributed by atoms with Gasteiger partial charge in [-0.2, -0.15) is 0 Å². The summed E-state index contributed by atoms with van der Waals surface area (Å²) in [5.41, 5.74) is 9.22. The number of rotatable bonds is 11. The summed E-state index contributed by atoms with van der Waals surface area (Å²) >= 11 is 3.08. The summed E-state index contributed by atoms with van der Waals surface area (Å²) in [6, 6.07) is 39.7. The van der Waals surface area contributed by atoms with Gasteiger partial charge in [0.25, 0.3) is 11.8 Å². The highest BCUT2D eigenvalue weighted by Gasteiger charge is 2.16. The summed E-state index contributed by atoms with van der Waals surface area (Å²) in [6.07, 6.45) is 7.04. The van der Waals surface area contributed by atoms with Gasteiger partial charge in [-0.15, -0.1) is 23.5 Å². The molecule has 0 unspecified atom stereocenters. The van der Waals surface area contributed by atoms with Crippen molar-refractivity contribution in [2.45, 2.75) is 48.2 Å². The monoisotopic (exact) mass is 814 g/mol. The number of carbonyl (C=O) groups is 2. The largest absolute Gasteiger partial charge is 0.508 e. The molecule has 0 aliphatic heterocycles. The van der Waals surface area contributed by atoms with Gasteiger partial charge in [-0.3, -0.25) is 19.6 Å². The molecule has 9 nitrogen and oxygen atoms in total. The molecule has 8 rings (SSSR count). The van der Waals surface area contributed by atoms with Gasteiger partial charge >= 0.3 is 0 Å². The molecule has 59 heavy (non-hydrogen) atoms. The molecular formula is C48H42N6O3S2. The zero-order valence-corrected chi connectivity index (χ0v) is 34.4. The molecule has 4 aromatic carbocycles. The number of phenols is 1. The van der Waals surface area contributed by atoms with E-state index in [9.17, 15) is 14.7 Å². The molecule has 4 heterocycles. The lowest BCUT2D eigenvalue weighted by Crippen LogP contribution is -2.14. The number of phenolic OH excluding ortho intramolecular Hbond substituents is 1. The minimum absolute atomic E-state index is 0.146. The third-order valence-corrected chi connectivity index (χ3v) is 11.6. The molecule has 2 amide bonds. The van der Waals surface area contributed by atoms with Crippen molar-refractivity contribution in [3.63, 3.8) is 0 Å². The first-order chi connectivity index (χ1) is 28.7. The topological polar surface area (TPSA) is 130 Å². The molecule has 0 bridgehead atoms. The Hall–Kier alpha value is -6.56. The maximum absolute atomic E-state index is 13.0. The van der Waals surface area contributed by atoms with Gasteiger partial charge in [-0.05, 0) is 120 Å². The van der Waals surface area contributed by atoms with Crippen LogP contribution in [0.4, 0.5) is 11.4 Å². The number of pyridine rings is 4. The molecule has 0 radical (unpaired) electrons. The molecule has 0 saturated heterocycles. The number of anilines is 2. The van der Waals surface area contributed by atoms with Crippen molar-refractivity contribution in [3.05, 3.63) is 186 Å². The van der Waals surface area contributed by atoms with Crippen molar-refractivity contribution < 1.29 is 14.7 Å². The third-order valence-electron chi connectivity index (χ3n) is 9.51. The number of hydrogen-bond acceptors (Lipinski definition) is 9. The molecule has 8 aromatic rings. The molecule has 0 fully saturated rings. The molecule has 0 atom stereocenters. The summed E-state index contributed by atoms with van der Waals surface area (Å²) in [4.78, 5) is 43.4. The molecule has 4 aromatic heterocycles. The highest BCUT2D eigenvalue weighted by atomic mass is 32.2. The minimum Gasteiger partial charge on any atom is -0.508 e. The first kappa shape index (κ1) is 40.6. The minimum atomic E-state index is -0.235. The lowest BCUT2D eigenvalue weighted by molar-refractivity contribution is 0.101. The van der Waals surface area contributed by atoms with E-state index in [0.717, 1.165) is 38.1 Å². The molecule has 0 aliphatic carbocycles. The Kier molecular flexibility index (Phi) is 13.3. The lowest BCUT2D eigenvalue weighted by Gasteiger charge is -2.13. The van der Waals surface area contributed by atoms with Crippen LogP contribution in [-0.4, -0.2) is 36.9 Å². The molecule has 0 aliphatic rings. The van der Waals surface area contributed by atoms with Gasteiger partial charge in [-0.1, -0.05) is 56.3 Å². The highest BCUT2D eigenvalue weighted by molar-refractivity contribution is 7.98. The number of carbonyl (C=O) groups excluding carboxylic acids is 2. The molecule has 11 heteroatoms. The smallest absolute Gasteiger partial charge is 0.258 e. The second kappa shape index (κ2) is 19.3. The lowest BCUT2D eigenvalue weighted by atomic mass is 9.97. The summed E-state index contributed by atoms with van der Waals surface area (Å²) in [5, 5.41) is 18.9. The Labute approximate surface area is 351 Å². The van der Waals surface area contributed by atoms with Crippen LogP contribution in [0.25, 0.3) is 21.8 Å². The fourth-order valence-electron chi connectivity index (χ4n) is 6.55. The molecule has 0 spiro atoms. The number of benzene rings is 4. The third kappa shape index (κ3) is 10.3. The van der Waals surface area contributed by atoms with Gasteiger partial charge in [0.15, 0.2) is 0 Å². The van der Waals surface area contributed by atoms with E-state index in [-0.39, 0.29) is 17.6 Å². The number of aromatic nitrogens is 4. The average Bonchev–Trinajstić information content (AvgIpc) is 3.26. The van der Waals surface area contributed by atoms with Crippen molar-refractivity contribution in [1.82, 2.24) is 19.9 Å². The van der Waals surface area contributed by atoms with Crippen molar-refractivity contribution in [1.29, 1.82) is 0 Å². The predicted octanol–water partition coefficient (Wildman–Crippen LogP) is 11.5. The van der Waals surface area contributed by atoms with Gasteiger partial charge in [-0.25, -0.2) is 9.97 Å². The fraction of sp³-hybridized carbons (Fsp3) is 0.125. The quantitative estimate of drug-likeness (QED) is 0.0863. The van der Waals surface area contributed by atoms with Crippen molar-refractivity contribution in [3.8, 4) is 5.75 Å². The van der Waals surface area contributed by atoms with Crippen LogP contribution >= 0.6 is 23.5 Å². The SMILES string of the molecule is Cc1cc(NC(=O)c2cccnc2SCc2ccnc3ccccc23)ccc1C(C)C.O=C(Nc1ccc(O)cc1)c1cccnc1SCc1ccnc2ccccc12. The zero-order valence-electron chi connectivity index (χ0n) is 32.8. The molecular weight excluding hydrogens is 773 g/mol. The van der Waals surface area contributed by atoms with E-state index in [2.05, 4.69) is 69.5 Å². The number of nitrogens with one attached hydrogen (secondary N) is 2. The number of para-hydroxylation sites is 2. The average molecular weight is 815 g/mol. The first-order valence-corrected chi connectivity index (χ1v) is 21.0. The second-order valence-corrected chi connectivity index (χ2v) is 15.9. The Balaban J connectivity index is 0.000000180. The summed E-state index contributed by atoms with van der Waals surface area (Å²) in [5.74, 6) is 1.62. The maximum atomic E-state index is 13.0. The summed E-state index contributed by atoms with van der Waals surface area (Å²) in [7, 11) is 0. The Morgan fingerprint density at radius 3 is 1.58 bits per heavy atom. The van der Waals surface area contributed by atoms with Gasteiger partial charge in [0, 0.05) is 58.4 Å². The number of thioether (sulfide) groups is 2. The van der Waals surface area contributed by atoms with Crippen LogP contribution in [-0.2, 0) is 11.5 Å². The fourth-order valence-corrected chi connectivity index (χ4v) is 8.55. The second-order valence-electron chi connectivity index (χ2n) is 13.9. The van der Waals surface area contributed by atoms with Crippen LogP contribution in [0.3, 0.4) is 0 Å². The van der Waals surface area contributed by atoms with Gasteiger partial charge in [0.1, 0.15) is 15.8 Å². The molecule has 3 N–H and O–H groups in total. The maximum Gasteiger partial charge on any atom is 0.258 e. The number of fused-ring (bicyclic) bond motifs is 2. The molecule has 294 valence electrons. The Morgan fingerprint density at radius 1 is 0.576 bits per heavy atom. The number of aryl methyl sites for hydroxylation is 1. The zero-order chi connectivity index (χ0) is 41.1. The van der Waals surface area contributed by atoms with Crippen molar-refractivity contribution >= 4 is 68.5 Å². The van der Waals surface area contributed by atoms with Crippen LogP contribution < -0.4 is 10.6 Å². The van der Waals surface area contributed by atoms with E-state index in [1.54, 1.807) is 60.7 Å². The van der Waals surface area contributed by atoms with E-state index >= 15 is 0 Å². The van der Waals surface area contributed by atoms with E-state index in [0.29, 0.717) is 39.3 Å². The van der Waals surface area contributed by atoms with Crippen LogP contribution in [0.5, 0.6) is 5.75 Å². The standard InChI is InChI=1S/C26H25N3OS.C22H17N3O2S/c1-17(2)21-11-10-20(15-18(21)3)29-25(30)23-8-6-13-28-26(23)31-16-19-12-14-27-24-9-5-4-7-22(19)24;26-17-9-7-16(8-10-17)25-21(27)19-5-3-12-24-22(19)28-14-15-11-13-23-20-6-2-1-4-18(15)20/h4-15,17H,16H2,1-3H3,(H,29,30);1-13,26H,14H2,(H,25,27). The van der Waals surface area contributed by atoms with E-state index in [1.807, 2.05) is 72.9 Å².